The van der Waals surface area contributed by atoms with Crippen LogP contribution in [0.4, 0.5) is 5.69 Å². The summed E-state index contributed by atoms with van der Waals surface area (Å²) in [5, 5.41) is 0. The number of aliphatic imine (C=N–C) groups is 1. The second kappa shape index (κ2) is 8.84. The molecule has 2 rings (SSSR count). The third-order valence-corrected chi connectivity index (χ3v) is 4.48. The molecule has 1 unspecified atom stereocenters. The minimum Gasteiger partial charge on any atom is -0.469 e. The maximum Gasteiger partial charge on any atom is 0.214 e. The zero-order valence-electron chi connectivity index (χ0n) is 17.1. The highest BCUT2D eigenvalue weighted by atomic mass is 16.5. The van der Waals surface area contributed by atoms with Crippen LogP contribution in [-0.4, -0.2) is 29.3 Å². The number of hydrogen-bond donors (Lipinski definition) is 0. The molecule has 4 heteroatoms. The predicted molar refractivity (Wildman–Crippen MR) is 110 cm³/mol. The van der Waals surface area contributed by atoms with Crippen LogP contribution in [0.1, 0.15) is 55.7 Å². The van der Waals surface area contributed by atoms with Gasteiger partial charge in [-0.1, -0.05) is 36.2 Å². The Hall–Kier alpha value is -2.36. The Morgan fingerprint density at radius 2 is 1.77 bits per heavy atom. The van der Waals surface area contributed by atoms with Gasteiger partial charge in [-0.2, -0.15) is 0 Å². The highest BCUT2D eigenvalue weighted by molar-refractivity contribution is 5.62. The summed E-state index contributed by atoms with van der Waals surface area (Å²) in [5.41, 5.74) is 5.44. The van der Waals surface area contributed by atoms with E-state index in [1.54, 1.807) is 0 Å². The van der Waals surface area contributed by atoms with E-state index in [9.17, 15) is 0 Å². The van der Waals surface area contributed by atoms with Crippen molar-refractivity contribution in [2.75, 3.05) is 7.05 Å². The van der Waals surface area contributed by atoms with Gasteiger partial charge in [-0.25, -0.2) is 9.98 Å². The average molecular weight is 354 g/mol. The summed E-state index contributed by atoms with van der Waals surface area (Å²) < 4.78 is 6.19. The molecule has 0 aliphatic heterocycles. The molecule has 140 valence electrons. The molecular weight excluding hydrogens is 322 g/mol. The molecule has 0 radical (unpaired) electrons. The van der Waals surface area contributed by atoms with Gasteiger partial charge in [0.15, 0.2) is 0 Å². The summed E-state index contributed by atoms with van der Waals surface area (Å²) in [6.45, 7) is 12.6. The third-order valence-electron chi connectivity index (χ3n) is 4.48. The molecule has 0 aliphatic carbocycles. The number of hydrogen-bond acceptors (Lipinski definition) is 3. The van der Waals surface area contributed by atoms with E-state index in [0.717, 1.165) is 17.8 Å². The van der Waals surface area contributed by atoms with E-state index in [4.69, 9.17) is 4.74 Å². The smallest absolute Gasteiger partial charge is 0.214 e. The van der Waals surface area contributed by atoms with Crippen LogP contribution in [-0.2, 0) is 0 Å². The number of aryl methyl sites for hydroxylation is 3. The van der Waals surface area contributed by atoms with Gasteiger partial charge >= 0.3 is 0 Å². The van der Waals surface area contributed by atoms with Crippen molar-refractivity contribution >= 4 is 12.0 Å². The van der Waals surface area contributed by atoms with Crippen molar-refractivity contribution in [3.8, 4) is 5.88 Å². The van der Waals surface area contributed by atoms with Crippen LogP contribution in [0.5, 0.6) is 5.88 Å². The molecule has 0 saturated carbocycles. The zero-order chi connectivity index (χ0) is 19.3. The fourth-order valence-corrected chi connectivity index (χ4v) is 2.75. The van der Waals surface area contributed by atoms with Crippen LogP contribution in [0, 0.1) is 20.8 Å². The first kappa shape index (κ1) is 20.0. The van der Waals surface area contributed by atoms with E-state index < -0.39 is 0 Å². The molecule has 0 saturated heterocycles. The average Bonchev–Trinajstić information content (AvgIpc) is 2.57. The fourth-order valence-electron chi connectivity index (χ4n) is 2.75. The number of ether oxygens (including phenoxy) is 1. The highest BCUT2D eigenvalue weighted by Gasteiger charge is 2.13. The Morgan fingerprint density at radius 3 is 2.31 bits per heavy atom. The molecule has 0 N–H and O–H groups in total. The third kappa shape index (κ3) is 5.32. The summed E-state index contributed by atoms with van der Waals surface area (Å²) in [5.74, 6) is 0.643. The predicted octanol–water partition coefficient (Wildman–Crippen LogP) is 5.54. The topological polar surface area (TPSA) is 37.7 Å². The van der Waals surface area contributed by atoms with Gasteiger partial charge in [-0.15, -0.1) is 0 Å². The zero-order valence-corrected chi connectivity index (χ0v) is 17.1. The van der Waals surface area contributed by atoms with Gasteiger partial charge < -0.3 is 9.64 Å². The number of benzene rings is 1. The van der Waals surface area contributed by atoms with Crippen LogP contribution < -0.4 is 4.74 Å². The van der Waals surface area contributed by atoms with Crippen molar-refractivity contribution in [3.05, 3.63) is 52.7 Å². The van der Waals surface area contributed by atoms with E-state index in [1.807, 2.05) is 32.4 Å². The standard InChI is InChI=1S/C22H31N3O/c1-8-21(19-12-16(4)11-17(5)13-19)26-22-10-9-20(18(6)24-22)23-14-25(7)15(2)3/h9-15,21H,8H2,1-7H3. The first-order valence-corrected chi connectivity index (χ1v) is 9.28. The van der Waals surface area contributed by atoms with Crippen molar-refractivity contribution in [2.45, 2.75) is 60.1 Å². The molecule has 0 amide bonds. The molecule has 1 aromatic heterocycles. The molecule has 0 fully saturated rings. The van der Waals surface area contributed by atoms with Crippen LogP contribution in [0.3, 0.4) is 0 Å². The van der Waals surface area contributed by atoms with Crippen LogP contribution in [0.25, 0.3) is 0 Å². The molecule has 0 aliphatic rings. The molecule has 4 nitrogen and oxygen atoms in total. The van der Waals surface area contributed by atoms with Gasteiger partial charge in [0, 0.05) is 19.2 Å². The van der Waals surface area contributed by atoms with Crippen molar-refractivity contribution in [3.63, 3.8) is 0 Å². The molecular formula is C22H31N3O. The van der Waals surface area contributed by atoms with Gasteiger partial charge in [0.05, 0.1) is 17.7 Å². The SMILES string of the molecule is CCC(Oc1ccc(N=CN(C)C(C)C)c(C)n1)c1cc(C)cc(C)c1. The number of rotatable bonds is 7. The van der Waals surface area contributed by atoms with Crippen LogP contribution in [0.2, 0.25) is 0 Å². The second-order valence-electron chi connectivity index (χ2n) is 7.19. The van der Waals surface area contributed by atoms with E-state index >= 15 is 0 Å². The first-order chi connectivity index (χ1) is 12.3. The van der Waals surface area contributed by atoms with E-state index in [2.05, 4.69) is 67.7 Å². The minimum atomic E-state index is 0.00178. The molecule has 1 atom stereocenters. The number of aromatic nitrogens is 1. The second-order valence-corrected chi connectivity index (χ2v) is 7.19. The van der Waals surface area contributed by atoms with Gasteiger partial charge in [0.25, 0.3) is 0 Å². The normalized spacial score (nSPS) is 12.6. The van der Waals surface area contributed by atoms with Crippen LogP contribution in [0.15, 0.2) is 35.3 Å². The summed E-state index contributed by atoms with van der Waals surface area (Å²) in [4.78, 5) is 11.2. The summed E-state index contributed by atoms with van der Waals surface area (Å²) in [7, 11) is 2.02. The van der Waals surface area contributed by atoms with Crippen molar-refractivity contribution < 1.29 is 4.74 Å². The molecule has 26 heavy (non-hydrogen) atoms. The lowest BCUT2D eigenvalue weighted by molar-refractivity contribution is 0.192. The van der Waals surface area contributed by atoms with E-state index in [0.29, 0.717) is 11.9 Å². The largest absolute Gasteiger partial charge is 0.469 e. The van der Waals surface area contributed by atoms with Crippen molar-refractivity contribution in [1.29, 1.82) is 0 Å². The minimum absolute atomic E-state index is 0.00178. The highest BCUT2D eigenvalue weighted by Crippen LogP contribution is 2.27. The Labute approximate surface area is 157 Å². The van der Waals surface area contributed by atoms with Crippen LogP contribution >= 0.6 is 0 Å². The monoisotopic (exact) mass is 353 g/mol. The fraction of sp³-hybridized carbons (Fsp3) is 0.455. The van der Waals surface area contributed by atoms with Gasteiger partial charge in [-0.3, -0.25) is 0 Å². The number of pyridine rings is 1. The summed E-state index contributed by atoms with van der Waals surface area (Å²) in [6, 6.07) is 10.8. The summed E-state index contributed by atoms with van der Waals surface area (Å²) in [6.07, 6.45) is 2.74. The lowest BCUT2D eigenvalue weighted by Crippen LogP contribution is -2.24. The lowest BCUT2D eigenvalue weighted by atomic mass is 10.0. The Kier molecular flexibility index (Phi) is 6.78. The summed E-state index contributed by atoms with van der Waals surface area (Å²) >= 11 is 0. The van der Waals surface area contributed by atoms with Crippen molar-refractivity contribution in [1.82, 2.24) is 9.88 Å². The number of nitrogens with zero attached hydrogens (tertiary/aromatic N) is 3. The molecule has 0 spiro atoms. The first-order valence-electron chi connectivity index (χ1n) is 9.28. The molecule has 0 bridgehead atoms. The van der Waals surface area contributed by atoms with Crippen molar-refractivity contribution in [2.24, 2.45) is 4.99 Å². The Morgan fingerprint density at radius 1 is 1.12 bits per heavy atom. The maximum absolute atomic E-state index is 6.19. The quantitative estimate of drug-likeness (QED) is 0.485. The van der Waals surface area contributed by atoms with Gasteiger partial charge in [0.1, 0.15) is 6.10 Å². The maximum atomic E-state index is 6.19. The van der Waals surface area contributed by atoms with Gasteiger partial charge in [-0.05, 0) is 52.7 Å². The molecule has 1 aromatic carbocycles. The Balaban J connectivity index is 2.17. The van der Waals surface area contributed by atoms with E-state index in [-0.39, 0.29) is 6.10 Å². The van der Waals surface area contributed by atoms with E-state index in [1.165, 1.54) is 16.7 Å². The van der Waals surface area contributed by atoms with Gasteiger partial charge in [0.2, 0.25) is 5.88 Å². The Bertz CT molecular complexity index is 748. The lowest BCUT2D eigenvalue weighted by Gasteiger charge is -2.19. The molecule has 2 aromatic rings. The molecule has 1 heterocycles.